The molecule has 17 heteroatoms. The van der Waals surface area contributed by atoms with Gasteiger partial charge < -0.3 is 64.5 Å². The molecule has 0 rings (SSSR count). The predicted molar refractivity (Wildman–Crippen MR) is 208 cm³/mol. The molecular weight excluding hydrogens is 706 g/mol. The van der Waals surface area contributed by atoms with Gasteiger partial charge in [-0.1, -0.05) is 0 Å². The molecule has 0 saturated heterocycles. The summed E-state index contributed by atoms with van der Waals surface area (Å²) in [4.78, 5) is 54.2. The van der Waals surface area contributed by atoms with Crippen molar-refractivity contribution in [3.05, 3.63) is 0 Å². The Morgan fingerprint density at radius 1 is 0.352 bits per heavy atom. The maximum Gasteiger partial charge on any atom is 0.246 e. The number of hydrogen-bond donors (Lipinski definition) is 5. The smallest absolute Gasteiger partial charge is 0.246 e. The van der Waals surface area contributed by atoms with E-state index in [1.807, 2.05) is 21.1 Å². The van der Waals surface area contributed by atoms with Gasteiger partial charge >= 0.3 is 0 Å². The van der Waals surface area contributed by atoms with Gasteiger partial charge in [-0.2, -0.15) is 0 Å². The van der Waals surface area contributed by atoms with Gasteiger partial charge in [-0.25, -0.2) is 0 Å². The third-order valence-electron chi connectivity index (χ3n) is 6.46. The van der Waals surface area contributed by atoms with E-state index in [0.717, 1.165) is 52.1 Å². The van der Waals surface area contributed by atoms with Crippen LogP contribution in [0.25, 0.3) is 0 Å². The Labute approximate surface area is 324 Å². The van der Waals surface area contributed by atoms with Crippen LogP contribution in [0.2, 0.25) is 0 Å². The van der Waals surface area contributed by atoms with Gasteiger partial charge in [0.2, 0.25) is 11.8 Å². The highest BCUT2D eigenvalue weighted by Crippen LogP contribution is 1.91. The van der Waals surface area contributed by atoms with Crippen LogP contribution in [0.15, 0.2) is 0 Å². The minimum atomic E-state index is -0.227. The number of rotatable bonds is 38. The number of amides is 2. The molecule has 0 radical (unpaired) electrons. The summed E-state index contributed by atoms with van der Waals surface area (Å²) < 4.78 is 37.2. The highest BCUT2D eigenvalue weighted by Gasteiger charge is 2.03. The summed E-state index contributed by atoms with van der Waals surface area (Å²) in [6.45, 7) is 15.3. The molecule has 5 N–H and O–H groups in total. The lowest BCUT2D eigenvalue weighted by Crippen LogP contribution is -2.29. The Morgan fingerprint density at radius 2 is 0.704 bits per heavy atom. The number of nitrogens with one attached hydrogen (secondary N) is 5. The molecule has 0 heterocycles. The maximum absolute atomic E-state index is 11.3. The average Bonchev–Trinajstić information content (AvgIpc) is 3.13. The quantitative estimate of drug-likeness (QED) is 0.0540. The number of carbonyl (C=O) groups is 5. The second-order valence-corrected chi connectivity index (χ2v) is 11.9. The van der Waals surface area contributed by atoms with Crippen molar-refractivity contribution in [2.45, 2.75) is 65.7 Å². The Kier molecular flexibility index (Phi) is 50.3. The van der Waals surface area contributed by atoms with E-state index in [-0.39, 0.29) is 48.8 Å². The zero-order valence-electron chi connectivity index (χ0n) is 34.3. The fourth-order valence-corrected chi connectivity index (χ4v) is 3.61. The first kappa shape index (κ1) is 55.9. The van der Waals surface area contributed by atoms with Crippen LogP contribution in [-0.4, -0.2) is 176 Å². The number of ketones is 3. The normalized spacial score (nSPS) is 10.5. The van der Waals surface area contributed by atoms with E-state index in [1.165, 1.54) is 13.8 Å². The SMILES string of the molecule is CNCCC(C)=O.CNCCCOCCOCCOCCCNC(=O)CCC(C)=O.CNCCCOCCOCCOCCCNC(=O)COCC(C)=O. The standard InChI is InChI=1S/C16H32N2O6.C16H32N2O5.C5H11NO/c1-15(19)13-24-14-16(20)18-6-4-8-22-10-12-23-11-9-21-7-3-5-17-2;1-15(19)5-6-16(20)18-8-4-10-22-12-14-23-13-11-21-9-3-7-17-2;1-5(7)3-4-6-2/h17H,3-14H2,1-2H3,(H,18,20);17H,3-14H2,1-2H3,(H,18,20);6H,3-4H2,1-2H3. The average molecular weight is 782 g/mol. The van der Waals surface area contributed by atoms with Gasteiger partial charge in [0.15, 0.2) is 5.78 Å². The minimum Gasteiger partial charge on any atom is -0.379 e. The monoisotopic (exact) mass is 782 g/mol. The summed E-state index contributed by atoms with van der Waals surface area (Å²) in [5.41, 5.74) is 0. The Bertz CT molecular complexity index is 871. The van der Waals surface area contributed by atoms with Crippen molar-refractivity contribution >= 4 is 29.2 Å². The molecular formula is C37H75N5O12. The highest BCUT2D eigenvalue weighted by molar-refractivity contribution is 5.83. The zero-order valence-corrected chi connectivity index (χ0v) is 34.3. The van der Waals surface area contributed by atoms with Crippen LogP contribution < -0.4 is 26.6 Å². The first-order valence-corrected chi connectivity index (χ1v) is 19.1. The van der Waals surface area contributed by atoms with Gasteiger partial charge in [-0.05, 0) is 80.7 Å². The van der Waals surface area contributed by atoms with E-state index in [0.29, 0.717) is 98.4 Å². The molecule has 0 bridgehead atoms. The molecule has 2 amide bonds. The third-order valence-corrected chi connectivity index (χ3v) is 6.46. The van der Waals surface area contributed by atoms with Crippen molar-refractivity contribution in [1.82, 2.24) is 26.6 Å². The fraction of sp³-hybridized carbons (Fsp3) is 0.865. The lowest BCUT2D eigenvalue weighted by molar-refractivity contribution is -0.129. The largest absolute Gasteiger partial charge is 0.379 e. The highest BCUT2D eigenvalue weighted by atomic mass is 16.5. The Morgan fingerprint density at radius 3 is 1.04 bits per heavy atom. The van der Waals surface area contributed by atoms with Crippen LogP contribution in [-0.2, 0) is 57.1 Å². The van der Waals surface area contributed by atoms with E-state index in [9.17, 15) is 24.0 Å². The van der Waals surface area contributed by atoms with Gasteiger partial charge in [-0.15, -0.1) is 0 Å². The summed E-state index contributed by atoms with van der Waals surface area (Å²) in [5, 5.41) is 14.4. The fourth-order valence-electron chi connectivity index (χ4n) is 3.61. The maximum atomic E-state index is 11.3. The van der Waals surface area contributed by atoms with Gasteiger partial charge in [-0.3, -0.25) is 19.2 Å². The van der Waals surface area contributed by atoms with Crippen LogP contribution >= 0.6 is 0 Å². The summed E-state index contributed by atoms with van der Waals surface area (Å²) in [6, 6.07) is 0. The van der Waals surface area contributed by atoms with Crippen LogP contribution in [0.5, 0.6) is 0 Å². The molecule has 17 nitrogen and oxygen atoms in total. The van der Waals surface area contributed by atoms with E-state index in [4.69, 9.17) is 33.2 Å². The lowest BCUT2D eigenvalue weighted by atomic mass is 10.2. The van der Waals surface area contributed by atoms with Gasteiger partial charge in [0, 0.05) is 65.3 Å². The first-order valence-electron chi connectivity index (χ1n) is 19.1. The number of hydrogen-bond acceptors (Lipinski definition) is 15. The lowest BCUT2D eigenvalue weighted by Gasteiger charge is -2.08. The summed E-state index contributed by atoms with van der Waals surface area (Å²) in [5.74, 6) is -0.132. The third kappa shape index (κ3) is 58.8. The van der Waals surface area contributed by atoms with Crippen LogP contribution in [0.3, 0.4) is 0 Å². The Hall–Kier alpha value is -2.45. The van der Waals surface area contributed by atoms with Crippen LogP contribution in [0.1, 0.15) is 65.7 Å². The van der Waals surface area contributed by atoms with Crippen molar-refractivity contribution in [2.24, 2.45) is 0 Å². The van der Waals surface area contributed by atoms with E-state index >= 15 is 0 Å². The predicted octanol–water partition coefficient (Wildman–Crippen LogP) is 0.464. The zero-order chi connectivity index (χ0) is 40.8. The molecule has 0 saturated carbocycles. The van der Waals surface area contributed by atoms with Crippen molar-refractivity contribution in [2.75, 3.05) is 146 Å². The topological polar surface area (TPSA) is 210 Å². The molecule has 0 aliphatic heterocycles. The number of carbonyl (C=O) groups excluding carboxylic acids is 5. The van der Waals surface area contributed by atoms with Crippen molar-refractivity contribution < 1.29 is 57.1 Å². The van der Waals surface area contributed by atoms with Gasteiger partial charge in [0.1, 0.15) is 24.8 Å². The van der Waals surface area contributed by atoms with Gasteiger partial charge in [0.05, 0.1) is 52.9 Å². The molecule has 0 aromatic carbocycles. The molecule has 0 aliphatic carbocycles. The molecule has 0 aromatic heterocycles. The molecule has 0 unspecified atom stereocenters. The molecule has 0 atom stereocenters. The van der Waals surface area contributed by atoms with Crippen LogP contribution in [0.4, 0.5) is 0 Å². The van der Waals surface area contributed by atoms with Crippen molar-refractivity contribution in [1.29, 1.82) is 0 Å². The molecule has 320 valence electrons. The summed E-state index contributed by atoms with van der Waals surface area (Å²) >= 11 is 0. The molecule has 0 spiro atoms. The van der Waals surface area contributed by atoms with Crippen LogP contribution in [0, 0.1) is 0 Å². The van der Waals surface area contributed by atoms with E-state index < -0.39 is 0 Å². The van der Waals surface area contributed by atoms with E-state index in [2.05, 4.69) is 26.6 Å². The first-order chi connectivity index (χ1) is 26.1. The molecule has 54 heavy (non-hydrogen) atoms. The second-order valence-electron chi connectivity index (χ2n) is 11.9. The summed E-state index contributed by atoms with van der Waals surface area (Å²) in [6.07, 6.45) is 4.69. The number of Topliss-reactive ketones (excluding diaryl/α,β-unsaturated/α-hetero) is 3. The molecule has 0 fully saturated rings. The second kappa shape index (κ2) is 48.6. The minimum absolute atomic E-state index is 0.0302. The van der Waals surface area contributed by atoms with Crippen molar-refractivity contribution in [3.8, 4) is 0 Å². The Balaban J connectivity index is -0.000000818. The van der Waals surface area contributed by atoms with Gasteiger partial charge in [0.25, 0.3) is 0 Å². The molecule has 0 aromatic rings. The van der Waals surface area contributed by atoms with E-state index in [1.54, 1.807) is 6.92 Å². The number of ether oxygens (including phenoxy) is 7. The molecule has 0 aliphatic rings. The van der Waals surface area contributed by atoms with Crippen molar-refractivity contribution in [3.63, 3.8) is 0 Å². The summed E-state index contributed by atoms with van der Waals surface area (Å²) in [7, 11) is 5.68.